The van der Waals surface area contributed by atoms with Crippen molar-refractivity contribution in [3.63, 3.8) is 0 Å². The van der Waals surface area contributed by atoms with E-state index in [0.717, 1.165) is 12.1 Å². The Morgan fingerprint density at radius 3 is 2.14 bits per heavy atom. The molecule has 0 spiro atoms. The summed E-state index contributed by atoms with van der Waals surface area (Å²) in [7, 11) is 2.76. The van der Waals surface area contributed by atoms with Crippen molar-refractivity contribution in [3.8, 4) is 11.5 Å². The van der Waals surface area contributed by atoms with Gasteiger partial charge in [-0.3, -0.25) is 4.79 Å². The Balaban J connectivity index is 2.47. The number of carbonyl (C=O) groups is 1. The zero-order valence-electron chi connectivity index (χ0n) is 11.2. The molecule has 110 valence electrons. The van der Waals surface area contributed by atoms with Gasteiger partial charge in [-0.1, -0.05) is 0 Å². The fraction of sp³-hybridized carbons (Fsp3) is 0.133. The van der Waals surface area contributed by atoms with Crippen molar-refractivity contribution in [1.82, 2.24) is 0 Å². The summed E-state index contributed by atoms with van der Waals surface area (Å²) in [5, 5.41) is 0. The molecule has 21 heavy (non-hydrogen) atoms. The van der Waals surface area contributed by atoms with Gasteiger partial charge in [0.15, 0.2) is 5.78 Å². The lowest BCUT2D eigenvalue weighted by Gasteiger charge is -2.09. The lowest BCUT2D eigenvalue weighted by Crippen LogP contribution is -2.08. The van der Waals surface area contributed by atoms with Crippen LogP contribution >= 0.6 is 15.9 Å². The third-order valence-electron chi connectivity index (χ3n) is 2.89. The molecule has 0 aromatic heterocycles. The minimum absolute atomic E-state index is 0.0115. The first kappa shape index (κ1) is 15.4. The van der Waals surface area contributed by atoms with Gasteiger partial charge in [-0.15, -0.1) is 0 Å². The van der Waals surface area contributed by atoms with Crippen molar-refractivity contribution in [2.75, 3.05) is 14.2 Å². The first-order valence-corrected chi connectivity index (χ1v) is 6.68. The van der Waals surface area contributed by atoms with Gasteiger partial charge in [0.2, 0.25) is 0 Å². The molecule has 2 aromatic rings. The van der Waals surface area contributed by atoms with Crippen LogP contribution in [0.15, 0.2) is 34.8 Å². The third kappa shape index (κ3) is 3.05. The van der Waals surface area contributed by atoms with Gasteiger partial charge in [0.05, 0.1) is 24.3 Å². The molecule has 0 atom stereocenters. The second-order valence-corrected chi connectivity index (χ2v) is 5.00. The van der Waals surface area contributed by atoms with Gasteiger partial charge in [0.1, 0.15) is 23.1 Å². The number of carbonyl (C=O) groups excluding carboxylic acids is 1. The van der Waals surface area contributed by atoms with E-state index in [1.54, 1.807) is 0 Å². The predicted octanol–water partition coefficient (Wildman–Crippen LogP) is 3.98. The minimum Gasteiger partial charge on any atom is -0.497 e. The molecule has 0 aliphatic carbocycles. The van der Waals surface area contributed by atoms with E-state index >= 15 is 0 Å². The lowest BCUT2D eigenvalue weighted by molar-refractivity contribution is 0.103. The maximum Gasteiger partial charge on any atom is 0.198 e. The molecule has 0 aliphatic heterocycles. The molecule has 2 rings (SSSR count). The molecular weight excluding hydrogens is 346 g/mol. The van der Waals surface area contributed by atoms with Crippen LogP contribution < -0.4 is 9.47 Å². The van der Waals surface area contributed by atoms with E-state index in [9.17, 15) is 13.6 Å². The highest BCUT2D eigenvalue weighted by Crippen LogP contribution is 2.28. The largest absolute Gasteiger partial charge is 0.497 e. The van der Waals surface area contributed by atoms with Crippen LogP contribution in [0.3, 0.4) is 0 Å². The van der Waals surface area contributed by atoms with Gasteiger partial charge in [-0.05, 0) is 34.1 Å². The maximum absolute atomic E-state index is 13.9. The summed E-state index contributed by atoms with van der Waals surface area (Å²) in [5.74, 6) is -2.16. The quantitative estimate of drug-likeness (QED) is 0.777. The summed E-state index contributed by atoms with van der Waals surface area (Å²) in [4.78, 5) is 12.3. The van der Waals surface area contributed by atoms with Crippen molar-refractivity contribution in [2.45, 2.75) is 0 Å². The van der Waals surface area contributed by atoms with Crippen LogP contribution in [0.4, 0.5) is 8.78 Å². The van der Waals surface area contributed by atoms with E-state index in [-0.39, 0.29) is 11.3 Å². The Morgan fingerprint density at radius 1 is 1.05 bits per heavy atom. The molecule has 0 aliphatic rings. The van der Waals surface area contributed by atoms with Gasteiger partial charge in [-0.25, -0.2) is 8.78 Å². The van der Waals surface area contributed by atoms with E-state index in [1.165, 1.54) is 32.4 Å². The number of methoxy groups -OCH3 is 2. The molecule has 3 nitrogen and oxygen atoms in total. The second kappa shape index (κ2) is 6.22. The standard InChI is InChI=1S/C15H11BrF2O3/c1-20-9-6-11(17)14(12(18)7-9)15(19)8-3-4-13(21-2)10(16)5-8/h3-7H,1-2H3. The first-order valence-electron chi connectivity index (χ1n) is 5.89. The highest BCUT2D eigenvalue weighted by atomic mass is 79.9. The van der Waals surface area contributed by atoms with Gasteiger partial charge in [0.25, 0.3) is 0 Å². The van der Waals surface area contributed by atoms with Gasteiger partial charge in [-0.2, -0.15) is 0 Å². The first-order chi connectivity index (χ1) is 9.97. The Labute approximate surface area is 128 Å². The molecule has 0 N–H and O–H groups in total. The Kier molecular flexibility index (Phi) is 4.57. The number of hydrogen-bond donors (Lipinski definition) is 0. The SMILES string of the molecule is COc1cc(F)c(C(=O)c2ccc(OC)c(Br)c2)c(F)c1. The molecule has 0 bridgehead atoms. The number of ether oxygens (including phenoxy) is 2. The second-order valence-electron chi connectivity index (χ2n) is 4.14. The molecule has 2 aromatic carbocycles. The molecule has 0 saturated heterocycles. The summed E-state index contributed by atoms with van der Waals surface area (Å²) in [6.07, 6.45) is 0. The van der Waals surface area contributed by atoms with Crippen LogP contribution in [-0.2, 0) is 0 Å². The van der Waals surface area contributed by atoms with Crippen molar-refractivity contribution in [3.05, 3.63) is 57.6 Å². The summed E-state index contributed by atoms with van der Waals surface area (Å²) in [5.41, 5.74) is -0.474. The van der Waals surface area contributed by atoms with E-state index < -0.39 is 23.0 Å². The van der Waals surface area contributed by atoms with Gasteiger partial charge in [0, 0.05) is 17.7 Å². The predicted molar refractivity (Wildman–Crippen MR) is 77.0 cm³/mol. The molecule has 0 saturated carbocycles. The number of halogens is 3. The van der Waals surface area contributed by atoms with Gasteiger partial charge >= 0.3 is 0 Å². The molecule has 0 radical (unpaired) electrons. The third-order valence-corrected chi connectivity index (χ3v) is 3.51. The average molecular weight is 357 g/mol. The van der Waals surface area contributed by atoms with Crippen LogP contribution in [-0.4, -0.2) is 20.0 Å². The van der Waals surface area contributed by atoms with Crippen molar-refractivity contribution < 1.29 is 23.0 Å². The highest BCUT2D eigenvalue weighted by molar-refractivity contribution is 9.10. The van der Waals surface area contributed by atoms with E-state index in [4.69, 9.17) is 9.47 Å². The summed E-state index contributed by atoms with van der Waals surface area (Å²) in [6, 6.07) is 6.36. The fourth-order valence-electron chi connectivity index (χ4n) is 1.84. The monoisotopic (exact) mass is 356 g/mol. The number of ketones is 1. The summed E-state index contributed by atoms with van der Waals surface area (Å²) < 4.78 is 38.1. The Hall–Kier alpha value is -1.95. The highest BCUT2D eigenvalue weighted by Gasteiger charge is 2.21. The molecule has 0 fully saturated rings. The molecule has 0 heterocycles. The van der Waals surface area contributed by atoms with Crippen LogP contribution in [0, 0.1) is 11.6 Å². The van der Waals surface area contributed by atoms with Crippen LogP contribution in [0.25, 0.3) is 0 Å². The Morgan fingerprint density at radius 2 is 1.67 bits per heavy atom. The summed E-state index contributed by atoms with van der Waals surface area (Å²) in [6.45, 7) is 0. The molecule has 0 amide bonds. The molecular formula is C15H11BrF2O3. The zero-order chi connectivity index (χ0) is 15.6. The van der Waals surface area contributed by atoms with E-state index in [1.807, 2.05) is 0 Å². The smallest absolute Gasteiger partial charge is 0.198 e. The molecule has 6 heteroatoms. The van der Waals surface area contributed by atoms with Crippen molar-refractivity contribution in [1.29, 1.82) is 0 Å². The van der Waals surface area contributed by atoms with Crippen LogP contribution in [0.2, 0.25) is 0 Å². The number of rotatable bonds is 4. The molecule has 0 unspecified atom stereocenters. The van der Waals surface area contributed by atoms with Crippen molar-refractivity contribution in [2.24, 2.45) is 0 Å². The van der Waals surface area contributed by atoms with Crippen LogP contribution in [0.1, 0.15) is 15.9 Å². The topological polar surface area (TPSA) is 35.5 Å². The van der Waals surface area contributed by atoms with Gasteiger partial charge < -0.3 is 9.47 Å². The van der Waals surface area contributed by atoms with Crippen LogP contribution in [0.5, 0.6) is 11.5 Å². The maximum atomic E-state index is 13.9. The number of benzene rings is 2. The van der Waals surface area contributed by atoms with Crippen molar-refractivity contribution >= 4 is 21.7 Å². The lowest BCUT2D eigenvalue weighted by atomic mass is 10.0. The van der Waals surface area contributed by atoms with E-state index in [2.05, 4.69) is 15.9 Å². The Bertz CT molecular complexity index is 678. The zero-order valence-corrected chi connectivity index (χ0v) is 12.8. The average Bonchev–Trinajstić information content (AvgIpc) is 2.46. The minimum atomic E-state index is -0.969. The summed E-state index contributed by atoms with van der Waals surface area (Å²) >= 11 is 3.22. The normalized spacial score (nSPS) is 10.3. The van der Waals surface area contributed by atoms with E-state index in [0.29, 0.717) is 10.2 Å². The fourth-order valence-corrected chi connectivity index (χ4v) is 2.38. The number of hydrogen-bond acceptors (Lipinski definition) is 3.